The first-order valence-corrected chi connectivity index (χ1v) is 8.46. The number of piperidine rings is 1. The molecule has 5 nitrogen and oxygen atoms in total. The van der Waals surface area contributed by atoms with E-state index in [0.29, 0.717) is 5.56 Å². The van der Waals surface area contributed by atoms with Crippen molar-refractivity contribution in [3.8, 4) is 0 Å². The van der Waals surface area contributed by atoms with Crippen molar-refractivity contribution in [1.29, 1.82) is 0 Å². The van der Waals surface area contributed by atoms with Crippen LogP contribution in [0.3, 0.4) is 0 Å². The monoisotopic (exact) mass is 303 g/mol. The minimum absolute atomic E-state index is 0.0904. The van der Waals surface area contributed by atoms with Gasteiger partial charge in [-0.25, -0.2) is 0 Å². The van der Waals surface area contributed by atoms with Gasteiger partial charge in [0, 0.05) is 37.4 Å². The topological polar surface area (TPSA) is 65.2 Å². The first-order valence-electron chi connectivity index (χ1n) is 8.46. The van der Waals surface area contributed by atoms with E-state index in [1.165, 1.54) is 44.4 Å². The van der Waals surface area contributed by atoms with E-state index in [1.54, 1.807) is 6.07 Å². The molecule has 1 aromatic rings. The maximum atomic E-state index is 12.2. The van der Waals surface area contributed by atoms with Gasteiger partial charge in [-0.15, -0.1) is 0 Å². The molecule has 2 fully saturated rings. The van der Waals surface area contributed by atoms with Crippen molar-refractivity contribution in [2.24, 2.45) is 0 Å². The van der Waals surface area contributed by atoms with Crippen molar-refractivity contribution < 1.29 is 4.79 Å². The fraction of sp³-hybridized carbons (Fsp3) is 0.647. The van der Waals surface area contributed by atoms with Crippen LogP contribution in [0.15, 0.2) is 23.1 Å². The van der Waals surface area contributed by atoms with Crippen LogP contribution >= 0.6 is 0 Å². The van der Waals surface area contributed by atoms with Crippen LogP contribution in [0, 0.1) is 0 Å². The Morgan fingerprint density at radius 1 is 1.09 bits per heavy atom. The van der Waals surface area contributed by atoms with Crippen LogP contribution in [-0.2, 0) is 0 Å². The van der Waals surface area contributed by atoms with Crippen molar-refractivity contribution in [2.75, 3.05) is 13.1 Å². The molecule has 0 aromatic carbocycles. The summed E-state index contributed by atoms with van der Waals surface area (Å²) in [4.78, 5) is 28.3. The van der Waals surface area contributed by atoms with E-state index in [-0.39, 0.29) is 17.5 Å². The molecule has 3 rings (SSSR count). The van der Waals surface area contributed by atoms with Gasteiger partial charge < -0.3 is 15.2 Å². The molecule has 0 spiro atoms. The molecule has 0 atom stereocenters. The molecule has 22 heavy (non-hydrogen) atoms. The molecule has 1 aromatic heterocycles. The lowest BCUT2D eigenvalue weighted by Gasteiger charge is -2.39. The second kappa shape index (κ2) is 7.09. The van der Waals surface area contributed by atoms with Crippen LogP contribution in [0.1, 0.15) is 55.3 Å². The number of hydrogen-bond acceptors (Lipinski definition) is 3. The Morgan fingerprint density at radius 2 is 1.82 bits per heavy atom. The molecule has 1 saturated heterocycles. The summed E-state index contributed by atoms with van der Waals surface area (Å²) in [6.07, 6.45) is 10.3. The number of aromatic amines is 1. The Hall–Kier alpha value is -1.62. The number of nitrogens with one attached hydrogen (secondary N) is 2. The molecule has 5 heteroatoms. The van der Waals surface area contributed by atoms with Crippen molar-refractivity contribution in [3.63, 3.8) is 0 Å². The minimum Gasteiger partial charge on any atom is -0.349 e. The number of rotatable bonds is 3. The summed E-state index contributed by atoms with van der Waals surface area (Å²) in [5.74, 6) is -0.0904. The number of nitrogens with zero attached hydrogens (tertiary/aromatic N) is 1. The maximum absolute atomic E-state index is 12.2. The molecule has 1 saturated carbocycles. The molecule has 2 heterocycles. The SMILES string of the molecule is O=C(NC1CCN(C2CCCCC2)CC1)c1ccc(=O)[nH]c1. The summed E-state index contributed by atoms with van der Waals surface area (Å²) in [6.45, 7) is 2.17. The minimum atomic E-state index is -0.183. The Labute approximate surface area is 131 Å². The zero-order valence-corrected chi connectivity index (χ0v) is 13.0. The molecule has 2 aliphatic rings. The predicted octanol–water partition coefficient (Wildman–Crippen LogP) is 1.90. The van der Waals surface area contributed by atoms with Crippen LogP contribution in [-0.4, -0.2) is 41.0 Å². The van der Waals surface area contributed by atoms with E-state index in [4.69, 9.17) is 0 Å². The first-order chi connectivity index (χ1) is 10.7. The van der Waals surface area contributed by atoms with Crippen molar-refractivity contribution in [2.45, 2.75) is 57.0 Å². The zero-order chi connectivity index (χ0) is 15.4. The van der Waals surface area contributed by atoms with E-state index in [0.717, 1.165) is 32.0 Å². The van der Waals surface area contributed by atoms with Gasteiger partial charge in [-0.05, 0) is 31.7 Å². The van der Waals surface area contributed by atoms with Gasteiger partial charge in [-0.2, -0.15) is 0 Å². The Balaban J connectivity index is 1.48. The molecule has 1 aliphatic heterocycles. The molecule has 0 radical (unpaired) electrons. The summed E-state index contributed by atoms with van der Waals surface area (Å²) >= 11 is 0. The molecule has 0 bridgehead atoms. The van der Waals surface area contributed by atoms with E-state index in [9.17, 15) is 9.59 Å². The Bertz CT molecular complexity index is 535. The number of pyridine rings is 1. The number of likely N-dealkylation sites (tertiary alicyclic amines) is 1. The third-order valence-corrected chi connectivity index (χ3v) is 5.00. The highest BCUT2D eigenvalue weighted by molar-refractivity contribution is 5.93. The second-order valence-corrected chi connectivity index (χ2v) is 6.52. The van der Waals surface area contributed by atoms with Crippen LogP contribution in [0.25, 0.3) is 0 Å². The fourth-order valence-corrected chi connectivity index (χ4v) is 3.68. The summed E-state index contributed by atoms with van der Waals surface area (Å²) < 4.78 is 0. The van der Waals surface area contributed by atoms with Gasteiger partial charge in [0.05, 0.1) is 5.56 Å². The molecule has 0 unspecified atom stereocenters. The molecule has 1 aliphatic carbocycles. The molecule has 2 N–H and O–H groups in total. The summed E-state index contributed by atoms with van der Waals surface area (Å²) in [5.41, 5.74) is 0.339. The number of amides is 1. The third-order valence-electron chi connectivity index (χ3n) is 5.00. The molecule has 1 amide bonds. The van der Waals surface area contributed by atoms with Gasteiger partial charge in [-0.1, -0.05) is 19.3 Å². The van der Waals surface area contributed by atoms with Gasteiger partial charge >= 0.3 is 0 Å². The molecule has 120 valence electrons. The Morgan fingerprint density at radius 3 is 2.45 bits per heavy atom. The number of aromatic nitrogens is 1. The number of carbonyl (C=O) groups is 1. The lowest BCUT2D eigenvalue weighted by Crippen LogP contribution is -2.48. The van der Waals surface area contributed by atoms with E-state index in [1.807, 2.05) is 0 Å². The van der Waals surface area contributed by atoms with Gasteiger partial charge in [0.25, 0.3) is 5.91 Å². The van der Waals surface area contributed by atoms with Crippen molar-refractivity contribution in [3.05, 3.63) is 34.2 Å². The van der Waals surface area contributed by atoms with Crippen LogP contribution in [0.4, 0.5) is 0 Å². The number of hydrogen-bond donors (Lipinski definition) is 2. The fourth-order valence-electron chi connectivity index (χ4n) is 3.68. The summed E-state index contributed by atoms with van der Waals surface area (Å²) in [6, 6.07) is 3.98. The van der Waals surface area contributed by atoms with Crippen LogP contribution in [0.2, 0.25) is 0 Å². The molecular weight excluding hydrogens is 278 g/mol. The summed E-state index contributed by atoms with van der Waals surface area (Å²) in [7, 11) is 0. The second-order valence-electron chi connectivity index (χ2n) is 6.52. The average Bonchev–Trinajstić information content (AvgIpc) is 2.57. The quantitative estimate of drug-likeness (QED) is 0.896. The Kier molecular flexibility index (Phi) is 4.93. The lowest BCUT2D eigenvalue weighted by atomic mass is 9.92. The molecular formula is C17H25N3O2. The predicted molar refractivity (Wildman–Crippen MR) is 86.0 cm³/mol. The van der Waals surface area contributed by atoms with Gasteiger partial charge in [-0.3, -0.25) is 9.59 Å². The van der Waals surface area contributed by atoms with Gasteiger partial charge in [0.2, 0.25) is 5.56 Å². The maximum Gasteiger partial charge on any atom is 0.252 e. The van der Waals surface area contributed by atoms with Crippen molar-refractivity contribution in [1.82, 2.24) is 15.2 Å². The smallest absolute Gasteiger partial charge is 0.252 e. The third kappa shape index (κ3) is 3.77. The van der Waals surface area contributed by atoms with Crippen molar-refractivity contribution >= 4 is 5.91 Å². The van der Waals surface area contributed by atoms with Crippen LogP contribution < -0.4 is 10.9 Å². The van der Waals surface area contributed by atoms with E-state index < -0.39 is 0 Å². The highest BCUT2D eigenvalue weighted by atomic mass is 16.2. The first kappa shape index (κ1) is 15.3. The lowest BCUT2D eigenvalue weighted by molar-refractivity contribution is 0.0865. The summed E-state index contributed by atoms with van der Waals surface area (Å²) in [5, 5.41) is 3.09. The van der Waals surface area contributed by atoms with Crippen LogP contribution in [0.5, 0.6) is 0 Å². The highest BCUT2D eigenvalue weighted by Gasteiger charge is 2.26. The van der Waals surface area contributed by atoms with Gasteiger partial charge in [0.15, 0.2) is 0 Å². The standard InChI is InChI=1S/C17H25N3O2/c21-16-7-6-13(12-18-16)17(22)19-14-8-10-20(11-9-14)15-4-2-1-3-5-15/h6-7,12,14-15H,1-5,8-11H2,(H,18,21)(H,19,22). The van der Waals surface area contributed by atoms with E-state index >= 15 is 0 Å². The van der Waals surface area contributed by atoms with E-state index in [2.05, 4.69) is 15.2 Å². The highest BCUT2D eigenvalue weighted by Crippen LogP contribution is 2.25. The number of H-pyrrole nitrogens is 1. The zero-order valence-electron chi connectivity index (χ0n) is 13.0. The number of carbonyl (C=O) groups excluding carboxylic acids is 1. The largest absolute Gasteiger partial charge is 0.349 e. The normalized spacial score (nSPS) is 21.6. The average molecular weight is 303 g/mol. The van der Waals surface area contributed by atoms with Gasteiger partial charge in [0.1, 0.15) is 0 Å².